The zero-order chi connectivity index (χ0) is 13.3. The molecule has 18 heavy (non-hydrogen) atoms. The number of ether oxygens (including phenoxy) is 1. The summed E-state index contributed by atoms with van der Waals surface area (Å²) in [5.41, 5.74) is -0.314. The van der Waals surface area contributed by atoms with Crippen molar-refractivity contribution in [1.82, 2.24) is 4.98 Å². The van der Waals surface area contributed by atoms with Crippen molar-refractivity contribution in [3.63, 3.8) is 0 Å². The molecule has 1 saturated heterocycles. The number of halogens is 3. The van der Waals surface area contributed by atoms with Gasteiger partial charge in [0.15, 0.2) is 0 Å². The predicted octanol–water partition coefficient (Wildman–Crippen LogP) is 2.71. The Kier molecular flexibility index (Phi) is 3.47. The molecule has 1 aromatic rings. The summed E-state index contributed by atoms with van der Waals surface area (Å²) in [4.78, 5) is 5.26. The molecule has 0 aliphatic carbocycles. The van der Waals surface area contributed by atoms with Gasteiger partial charge >= 0.3 is 6.18 Å². The van der Waals surface area contributed by atoms with E-state index in [0.29, 0.717) is 18.8 Å². The maximum Gasteiger partial charge on any atom is 0.433 e. The molecule has 2 unspecified atom stereocenters. The summed E-state index contributed by atoms with van der Waals surface area (Å²) >= 11 is 0. The van der Waals surface area contributed by atoms with Crippen molar-refractivity contribution < 1.29 is 17.9 Å². The molecule has 2 heterocycles. The van der Waals surface area contributed by atoms with E-state index in [1.807, 2.05) is 18.7 Å². The lowest BCUT2D eigenvalue weighted by molar-refractivity contribution is -0.141. The highest BCUT2D eigenvalue weighted by molar-refractivity contribution is 5.47. The fraction of sp³-hybridized carbons (Fsp3) is 0.583. The lowest BCUT2D eigenvalue weighted by atomic mass is 10.2. The molecule has 1 aliphatic heterocycles. The number of alkyl halides is 3. The molecule has 0 saturated carbocycles. The molecule has 2 atom stereocenters. The minimum Gasteiger partial charge on any atom is -0.372 e. The lowest BCUT2D eigenvalue weighted by Crippen LogP contribution is -2.45. The van der Waals surface area contributed by atoms with E-state index in [1.54, 1.807) is 6.07 Å². The monoisotopic (exact) mass is 260 g/mol. The molecule has 0 amide bonds. The number of nitrogens with zero attached hydrogens (tertiary/aromatic N) is 2. The van der Waals surface area contributed by atoms with Crippen molar-refractivity contribution in [2.24, 2.45) is 0 Å². The SMILES string of the molecule is CC1CN(c2ccnc(C(F)(F)F)c2)CC(C)O1. The number of hydrogen-bond acceptors (Lipinski definition) is 3. The third kappa shape index (κ3) is 2.93. The van der Waals surface area contributed by atoms with Gasteiger partial charge in [0.2, 0.25) is 0 Å². The van der Waals surface area contributed by atoms with Crippen LogP contribution in [0.4, 0.5) is 18.9 Å². The number of aromatic nitrogens is 1. The largest absolute Gasteiger partial charge is 0.433 e. The normalized spacial score (nSPS) is 25.3. The molecule has 0 aromatic carbocycles. The van der Waals surface area contributed by atoms with Gasteiger partial charge in [-0.3, -0.25) is 4.98 Å². The van der Waals surface area contributed by atoms with Gasteiger partial charge < -0.3 is 9.64 Å². The first-order valence-corrected chi connectivity index (χ1v) is 5.80. The van der Waals surface area contributed by atoms with Gasteiger partial charge in [0.05, 0.1) is 12.2 Å². The standard InChI is InChI=1S/C12H15F3N2O/c1-8-6-17(7-9(2)18-8)10-3-4-16-11(5-10)12(13,14)15/h3-5,8-9H,6-7H2,1-2H3. The highest BCUT2D eigenvalue weighted by Crippen LogP contribution is 2.30. The Bertz CT molecular complexity index is 412. The zero-order valence-corrected chi connectivity index (χ0v) is 10.2. The van der Waals surface area contributed by atoms with Crippen LogP contribution < -0.4 is 4.90 Å². The summed E-state index contributed by atoms with van der Waals surface area (Å²) in [5, 5.41) is 0. The number of hydrogen-bond donors (Lipinski definition) is 0. The molecule has 1 aromatic heterocycles. The molecule has 100 valence electrons. The van der Waals surface area contributed by atoms with Crippen molar-refractivity contribution >= 4 is 5.69 Å². The van der Waals surface area contributed by atoms with E-state index in [1.165, 1.54) is 6.20 Å². The summed E-state index contributed by atoms with van der Waals surface area (Å²) in [6.07, 6.45) is -3.19. The summed E-state index contributed by atoms with van der Waals surface area (Å²) in [6, 6.07) is 2.69. The Morgan fingerprint density at radius 3 is 2.44 bits per heavy atom. The lowest BCUT2D eigenvalue weighted by Gasteiger charge is -2.36. The smallest absolute Gasteiger partial charge is 0.372 e. The minimum absolute atomic E-state index is 0.0104. The van der Waals surface area contributed by atoms with Crippen LogP contribution in [0.25, 0.3) is 0 Å². The van der Waals surface area contributed by atoms with Crippen LogP contribution in [0, 0.1) is 0 Å². The Morgan fingerprint density at radius 1 is 1.28 bits per heavy atom. The summed E-state index contributed by atoms with van der Waals surface area (Å²) in [5.74, 6) is 0. The highest BCUT2D eigenvalue weighted by atomic mass is 19.4. The van der Waals surface area contributed by atoms with Crippen LogP contribution in [0.1, 0.15) is 19.5 Å². The van der Waals surface area contributed by atoms with Crippen LogP contribution in [0.3, 0.4) is 0 Å². The molecule has 3 nitrogen and oxygen atoms in total. The second kappa shape index (κ2) is 4.76. The highest BCUT2D eigenvalue weighted by Gasteiger charge is 2.33. The number of anilines is 1. The van der Waals surface area contributed by atoms with E-state index < -0.39 is 11.9 Å². The fourth-order valence-electron chi connectivity index (χ4n) is 2.16. The number of pyridine rings is 1. The minimum atomic E-state index is -4.40. The van der Waals surface area contributed by atoms with Gasteiger partial charge in [-0.1, -0.05) is 0 Å². The van der Waals surface area contributed by atoms with Crippen molar-refractivity contribution in [2.75, 3.05) is 18.0 Å². The molecule has 6 heteroatoms. The molecule has 0 bridgehead atoms. The van der Waals surface area contributed by atoms with Crippen molar-refractivity contribution in [3.8, 4) is 0 Å². The van der Waals surface area contributed by atoms with Gasteiger partial charge in [-0.05, 0) is 26.0 Å². The molecule has 1 aliphatic rings. The third-order valence-electron chi connectivity index (χ3n) is 2.82. The summed E-state index contributed by atoms with van der Waals surface area (Å²) < 4.78 is 43.3. The van der Waals surface area contributed by atoms with Crippen molar-refractivity contribution in [1.29, 1.82) is 0 Å². The van der Waals surface area contributed by atoms with Gasteiger partial charge in [-0.2, -0.15) is 13.2 Å². The summed E-state index contributed by atoms with van der Waals surface area (Å²) in [6.45, 7) is 5.00. The second-order valence-electron chi connectivity index (χ2n) is 4.56. The Labute approximate surface area is 104 Å². The zero-order valence-electron chi connectivity index (χ0n) is 10.2. The molecule has 0 spiro atoms. The molecule has 1 fully saturated rings. The van der Waals surface area contributed by atoms with Crippen LogP contribution in [0.2, 0.25) is 0 Å². The first kappa shape index (κ1) is 13.1. The Balaban J connectivity index is 2.23. The van der Waals surface area contributed by atoms with E-state index in [4.69, 9.17) is 4.74 Å². The van der Waals surface area contributed by atoms with Crippen molar-refractivity contribution in [2.45, 2.75) is 32.2 Å². The average Bonchev–Trinajstić information content (AvgIpc) is 2.27. The number of morpholine rings is 1. The predicted molar refractivity (Wildman–Crippen MR) is 61.5 cm³/mol. The van der Waals surface area contributed by atoms with Gasteiger partial charge in [0.1, 0.15) is 5.69 Å². The quantitative estimate of drug-likeness (QED) is 0.776. The molecule has 2 rings (SSSR count). The maximum atomic E-state index is 12.6. The van der Waals surface area contributed by atoms with E-state index in [9.17, 15) is 13.2 Å². The maximum absolute atomic E-state index is 12.6. The molecule has 0 radical (unpaired) electrons. The molecular formula is C12H15F3N2O. The van der Waals surface area contributed by atoms with Crippen molar-refractivity contribution in [3.05, 3.63) is 24.0 Å². The van der Waals surface area contributed by atoms with Crippen LogP contribution in [-0.4, -0.2) is 30.3 Å². The van der Waals surface area contributed by atoms with E-state index >= 15 is 0 Å². The number of rotatable bonds is 1. The van der Waals surface area contributed by atoms with Gasteiger partial charge in [-0.15, -0.1) is 0 Å². The molecular weight excluding hydrogens is 245 g/mol. The van der Waals surface area contributed by atoms with Crippen LogP contribution >= 0.6 is 0 Å². The average molecular weight is 260 g/mol. The summed E-state index contributed by atoms with van der Waals surface area (Å²) in [7, 11) is 0. The van der Waals surface area contributed by atoms with E-state index in [0.717, 1.165) is 6.07 Å². The third-order valence-corrected chi connectivity index (χ3v) is 2.82. The topological polar surface area (TPSA) is 25.4 Å². The van der Waals surface area contributed by atoms with E-state index in [2.05, 4.69) is 4.98 Å². The van der Waals surface area contributed by atoms with Crippen LogP contribution in [0.5, 0.6) is 0 Å². The fourth-order valence-corrected chi connectivity index (χ4v) is 2.16. The van der Waals surface area contributed by atoms with Gasteiger partial charge in [0, 0.05) is 25.0 Å². The second-order valence-corrected chi connectivity index (χ2v) is 4.56. The van der Waals surface area contributed by atoms with Crippen LogP contribution in [-0.2, 0) is 10.9 Å². The van der Waals surface area contributed by atoms with Gasteiger partial charge in [0.25, 0.3) is 0 Å². The van der Waals surface area contributed by atoms with Crippen LogP contribution in [0.15, 0.2) is 18.3 Å². The first-order valence-electron chi connectivity index (χ1n) is 5.80. The first-order chi connectivity index (χ1) is 8.36. The molecule has 0 N–H and O–H groups in total. The Hall–Kier alpha value is -1.30. The Morgan fingerprint density at radius 2 is 1.89 bits per heavy atom. The van der Waals surface area contributed by atoms with Gasteiger partial charge in [-0.25, -0.2) is 0 Å². The van der Waals surface area contributed by atoms with E-state index in [-0.39, 0.29) is 12.2 Å².